The number of benzene rings is 2. The lowest BCUT2D eigenvalue weighted by atomic mass is 9.97. The number of rotatable bonds is 5. The average molecular weight is 449 g/mol. The van der Waals surface area contributed by atoms with Gasteiger partial charge in [0.25, 0.3) is 0 Å². The number of halogens is 3. The van der Waals surface area contributed by atoms with Gasteiger partial charge in [0.2, 0.25) is 5.89 Å². The van der Waals surface area contributed by atoms with Gasteiger partial charge >= 0.3 is 12.1 Å². The number of aromatic nitrogens is 2. The first-order chi connectivity index (χ1) is 15.1. The van der Waals surface area contributed by atoms with Gasteiger partial charge in [-0.2, -0.15) is 18.2 Å². The van der Waals surface area contributed by atoms with Crippen molar-refractivity contribution in [3.63, 3.8) is 0 Å². The summed E-state index contributed by atoms with van der Waals surface area (Å²) in [6.45, 7) is 4.14. The first kappa shape index (κ1) is 23.4. The molecule has 3 aromatic rings. The Kier molecular flexibility index (Phi) is 7.26. The van der Waals surface area contributed by atoms with Crippen LogP contribution in [0.15, 0.2) is 59.1 Å². The summed E-state index contributed by atoms with van der Waals surface area (Å²) in [7, 11) is 0. The predicted octanol–water partition coefficient (Wildman–Crippen LogP) is 3.81. The smallest absolute Gasteiger partial charge is 0.475 e. The molecule has 0 spiro atoms. The van der Waals surface area contributed by atoms with E-state index in [1.54, 1.807) is 6.92 Å². The van der Waals surface area contributed by atoms with Crippen LogP contribution >= 0.6 is 0 Å². The molecule has 2 aromatic carbocycles. The molecule has 7 nitrogen and oxygen atoms in total. The maximum absolute atomic E-state index is 10.6. The van der Waals surface area contributed by atoms with Gasteiger partial charge in [0.15, 0.2) is 5.82 Å². The van der Waals surface area contributed by atoms with Crippen molar-refractivity contribution in [1.29, 1.82) is 0 Å². The fourth-order valence-corrected chi connectivity index (χ4v) is 3.24. The summed E-state index contributed by atoms with van der Waals surface area (Å²) in [4.78, 5) is 15.4. The lowest BCUT2D eigenvalue weighted by Gasteiger charge is -2.38. The second kappa shape index (κ2) is 9.92. The molecule has 1 saturated heterocycles. The summed E-state index contributed by atoms with van der Waals surface area (Å²) in [5, 5.41) is 21.6. The molecule has 2 N–H and O–H groups in total. The second-order valence-electron chi connectivity index (χ2n) is 7.39. The SMILES string of the molecule is Cc1nc(C2CN(CC(O)c3ccc(-c4ccccc4)cc3)C2)no1.O=C(O)C(F)(F)F. The summed E-state index contributed by atoms with van der Waals surface area (Å²) in [6.07, 6.45) is -5.57. The molecule has 0 aliphatic carbocycles. The molecule has 1 fully saturated rings. The van der Waals surface area contributed by atoms with E-state index in [0.29, 0.717) is 18.4 Å². The van der Waals surface area contributed by atoms with Crippen molar-refractivity contribution >= 4 is 5.97 Å². The molecule has 4 rings (SSSR count). The molecule has 1 atom stereocenters. The Labute approximate surface area is 182 Å². The molecular formula is C22H22F3N3O4. The molecule has 0 saturated carbocycles. The third-order valence-electron chi connectivity index (χ3n) is 4.94. The van der Waals surface area contributed by atoms with E-state index in [0.717, 1.165) is 30.0 Å². The van der Waals surface area contributed by atoms with E-state index in [1.165, 1.54) is 5.56 Å². The summed E-state index contributed by atoms with van der Waals surface area (Å²) < 4.78 is 36.8. The molecule has 1 aromatic heterocycles. The van der Waals surface area contributed by atoms with Gasteiger partial charge in [-0.05, 0) is 16.7 Å². The third kappa shape index (κ3) is 6.14. The number of hydrogen-bond acceptors (Lipinski definition) is 6. The highest BCUT2D eigenvalue weighted by Crippen LogP contribution is 2.28. The number of nitrogens with zero attached hydrogens (tertiary/aromatic N) is 3. The molecule has 0 radical (unpaired) electrons. The zero-order valence-corrected chi connectivity index (χ0v) is 17.2. The van der Waals surface area contributed by atoms with Gasteiger partial charge in [-0.25, -0.2) is 4.79 Å². The number of carboxylic acid groups (broad SMARTS) is 1. The first-order valence-electron chi connectivity index (χ1n) is 9.79. The Morgan fingerprint density at radius 2 is 1.69 bits per heavy atom. The van der Waals surface area contributed by atoms with Gasteiger partial charge in [-0.1, -0.05) is 59.8 Å². The van der Waals surface area contributed by atoms with Gasteiger partial charge in [0.1, 0.15) is 0 Å². The van der Waals surface area contributed by atoms with Gasteiger partial charge < -0.3 is 14.7 Å². The van der Waals surface area contributed by atoms with Crippen LogP contribution in [-0.2, 0) is 4.79 Å². The normalized spacial score (nSPS) is 15.4. The van der Waals surface area contributed by atoms with Crippen molar-refractivity contribution < 1.29 is 32.7 Å². The van der Waals surface area contributed by atoms with Crippen LogP contribution in [0.2, 0.25) is 0 Å². The number of hydrogen-bond donors (Lipinski definition) is 2. The van der Waals surface area contributed by atoms with Crippen LogP contribution in [0.5, 0.6) is 0 Å². The fourth-order valence-electron chi connectivity index (χ4n) is 3.24. The van der Waals surface area contributed by atoms with Gasteiger partial charge in [0.05, 0.1) is 6.10 Å². The van der Waals surface area contributed by atoms with Crippen LogP contribution in [0.1, 0.15) is 29.3 Å². The number of aliphatic carboxylic acids is 1. The Balaban J connectivity index is 0.000000360. The molecule has 1 aliphatic heterocycles. The Morgan fingerprint density at radius 3 is 2.19 bits per heavy atom. The number of carbonyl (C=O) groups is 1. The molecule has 32 heavy (non-hydrogen) atoms. The first-order valence-corrected chi connectivity index (χ1v) is 9.79. The molecule has 1 unspecified atom stereocenters. The van der Waals surface area contributed by atoms with Crippen molar-refractivity contribution in [2.24, 2.45) is 0 Å². The van der Waals surface area contributed by atoms with Crippen molar-refractivity contribution in [2.45, 2.75) is 25.1 Å². The molecule has 170 valence electrons. The fraction of sp³-hybridized carbons (Fsp3) is 0.318. The van der Waals surface area contributed by atoms with E-state index >= 15 is 0 Å². The standard InChI is InChI=1S/C20H21N3O2.C2HF3O2/c1-14-21-20(22-25-14)18-11-23(12-18)13-19(24)17-9-7-16(8-10-17)15-5-3-2-4-6-15;3-2(4,5)1(6)7/h2-10,18-19,24H,11-13H2,1H3;(H,6,7). The Morgan fingerprint density at radius 1 is 1.12 bits per heavy atom. The minimum atomic E-state index is -5.08. The maximum Gasteiger partial charge on any atom is 0.490 e. The highest BCUT2D eigenvalue weighted by molar-refractivity contribution is 5.73. The highest BCUT2D eigenvalue weighted by Gasteiger charge is 2.38. The van der Waals surface area contributed by atoms with Crippen molar-refractivity contribution in [3.8, 4) is 11.1 Å². The number of alkyl halides is 3. The monoisotopic (exact) mass is 449 g/mol. The summed E-state index contributed by atoms with van der Waals surface area (Å²) in [5.74, 6) is -1.07. The van der Waals surface area contributed by atoms with Crippen LogP contribution in [0.25, 0.3) is 11.1 Å². The van der Waals surface area contributed by atoms with Crippen molar-refractivity contribution in [1.82, 2.24) is 15.0 Å². The molecule has 10 heteroatoms. The highest BCUT2D eigenvalue weighted by atomic mass is 19.4. The lowest BCUT2D eigenvalue weighted by Crippen LogP contribution is -2.47. The van der Waals surface area contributed by atoms with E-state index in [-0.39, 0.29) is 0 Å². The maximum atomic E-state index is 10.6. The number of aryl methyl sites for hydroxylation is 1. The molecule has 2 heterocycles. The van der Waals surface area contributed by atoms with Crippen LogP contribution in [-0.4, -0.2) is 57.0 Å². The van der Waals surface area contributed by atoms with Crippen LogP contribution in [0, 0.1) is 6.92 Å². The van der Waals surface area contributed by atoms with Crippen LogP contribution in [0.4, 0.5) is 13.2 Å². The number of aliphatic hydroxyl groups is 1. The Hall–Kier alpha value is -3.24. The zero-order chi connectivity index (χ0) is 23.3. The Bertz CT molecular complexity index is 1020. The number of aliphatic hydroxyl groups excluding tert-OH is 1. The third-order valence-corrected chi connectivity index (χ3v) is 4.94. The van der Waals surface area contributed by atoms with E-state index in [1.807, 2.05) is 30.3 Å². The van der Waals surface area contributed by atoms with Crippen molar-refractivity contribution in [2.75, 3.05) is 19.6 Å². The molecule has 1 aliphatic rings. The zero-order valence-electron chi connectivity index (χ0n) is 17.2. The number of carboxylic acids is 1. The number of likely N-dealkylation sites (tertiary alicyclic amines) is 1. The van der Waals surface area contributed by atoms with Gasteiger partial charge in [0, 0.05) is 32.5 Å². The lowest BCUT2D eigenvalue weighted by molar-refractivity contribution is -0.192. The van der Waals surface area contributed by atoms with Crippen molar-refractivity contribution in [3.05, 3.63) is 71.9 Å². The largest absolute Gasteiger partial charge is 0.490 e. The molecular weight excluding hydrogens is 427 g/mol. The quantitative estimate of drug-likeness (QED) is 0.611. The topological polar surface area (TPSA) is 99.7 Å². The summed E-state index contributed by atoms with van der Waals surface area (Å²) >= 11 is 0. The summed E-state index contributed by atoms with van der Waals surface area (Å²) in [6, 6.07) is 18.4. The van der Waals surface area contributed by atoms with Crippen LogP contribution < -0.4 is 0 Å². The van der Waals surface area contributed by atoms with E-state index in [4.69, 9.17) is 14.4 Å². The molecule has 0 amide bonds. The predicted molar refractivity (Wildman–Crippen MR) is 109 cm³/mol. The van der Waals surface area contributed by atoms with Crippen LogP contribution in [0.3, 0.4) is 0 Å². The van der Waals surface area contributed by atoms with E-state index in [9.17, 15) is 18.3 Å². The molecule has 0 bridgehead atoms. The van der Waals surface area contributed by atoms with E-state index < -0.39 is 18.2 Å². The number of β-amino-alcohol motifs (C(OH)–C–C–N with tert-alkyl or cyclic N) is 1. The van der Waals surface area contributed by atoms with E-state index in [2.05, 4.69) is 39.3 Å². The minimum Gasteiger partial charge on any atom is -0.475 e. The van der Waals surface area contributed by atoms with Gasteiger partial charge in [-0.3, -0.25) is 4.90 Å². The van der Waals surface area contributed by atoms with Gasteiger partial charge in [-0.15, -0.1) is 0 Å². The summed E-state index contributed by atoms with van der Waals surface area (Å²) in [5.41, 5.74) is 3.29. The minimum absolute atomic E-state index is 0.310. The average Bonchev–Trinajstić information content (AvgIpc) is 3.16. The second-order valence-corrected chi connectivity index (χ2v) is 7.39.